The van der Waals surface area contributed by atoms with Gasteiger partial charge in [-0.3, -0.25) is 0 Å². The van der Waals surface area contributed by atoms with Crippen molar-refractivity contribution < 1.29 is 4.74 Å². The highest BCUT2D eigenvalue weighted by molar-refractivity contribution is 5.00. The van der Waals surface area contributed by atoms with Crippen molar-refractivity contribution in [3.8, 4) is 0 Å². The van der Waals surface area contributed by atoms with Crippen LogP contribution in [0.5, 0.6) is 0 Å². The summed E-state index contributed by atoms with van der Waals surface area (Å²) in [5.41, 5.74) is 6.56. The molecule has 0 aromatic rings. The molecule has 3 heteroatoms. The van der Waals surface area contributed by atoms with E-state index in [9.17, 15) is 0 Å². The summed E-state index contributed by atoms with van der Waals surface area (Å²) in [4.78, 5) is 2.33. The van der Waals surface area contributed by atoms with E-state index in [2.05, 4.69) is 39.8 Å². The Balaban J connectivity index is 2.69. The van der Waals surface area contributed by atoms with Crippen LogP contribution in [0.4, 0.5) is 0 Å². The largest absolute Gasteiger partial charge is 0.377 e. The SMILES string of the molecule is CC1CCCC(C(N)COC(C)C)(N(C)C)C1. The predicted molar refractivity (Wildman–Crippen MR) is 73.1 cm³/mol. The van der Waals surface area contributed by atoms with Crippen LogP contribution >= 0.6 is 0 Å². The molecule has 0 spiro atoms. The molecule has 1 aliphatic rings. The first-order valence-corrected chi connectivity index (χ1v) is 6.93. The molecule has 2 N–H and O–H groups in total. The van der Waals surface area contributed by atoms with E-state index in [1.807, 2.05) is 0 Å². The molecule has 3 atom stereocenters. The second kappa shape index (κ2) is 6.17. The predicted octanol–water partition coefficient (Wildman–Crippen LogP) is 2.25. The third-order valence-electron chi connectivity index (χ3n) is 4.20. The molecule has 1 aliphatic carbocycles. The van der Waals surface area contributed by atoms with Crippen molar-refractivity contribution in [2.75, 3.05) is 20.7 Å². The number of hydrogen-bond donors (Lipinski definition) is 1. The van der Waals surface area contributed by atoms with Crippen LogP contribution in [0.15, 0.2) is 0 Å². The van der Waals surface area contributed by atoms with Gasteiger partial charge in [-0.05, 0) is 46.7 Å². The van der Waals surface area contributed by atoms with Crippen LogP contribution in [0.25, 0.3) is 0 Å². The molecule has 102 valence electrons. The molecule has 1 saturated carbocycles. The lowest BCUT2D eigenvalue weighted by molar-refractivity contribution is -0.00702. The zero-order valence-electron chi connectivity index (χ0n) is 12.2. The Bertz CT molecular complexity index is 230. The molecule has 0 saturated heterocycles. The standard InChI is InChI=1S/C14H30N2O/c1-11(2)17-10-13(15)14(16(4)5)8-6-7-12(3)9-14/h11-13H,6-10,15H2,1-5H3. The molecule has 1 fully saturated rings. The molecule has 0 aromatic heterocycles. The molecule has 0 radical (unpaired) electrons. The van der Waals surface area contributed by atoms with Gasteiger partial charge in [-0.15, -0.1) is 0 Å². The summed E-state index contributed by atoms with van der Waals surface area (Å²) >= 11 is 0. The first-order chi connectivity index (χ1) is 7.88. The van der Waals surface area contributed by atoms with Gasteiger partial charge in [-0.25, -0.2) is 0 Å². The average molecular weight is 242 g/mol. The van der Waals surface area contributed by atoms with Crippen LogP contribution in [-0.2, 0) is 4.74 Å². The summed E-state index contributed by atoms with van der Waals surface area (Å²) in [6, 6.07) is 0.114. The molecular formula is C14H30N2O. The number of nitrogens with zero attached hydrogens (tertiary/aromatic N) is 1. The van der Waals surface area contributed by atoms with Gasteiger partial charge in [0.2, 0.25) is 0 Å². The van der Waals surface area contributed by atoms with Gasteiger partial charge >= 0.3 is 0 Å². The third-order valence-corrected chi connectivity index (χ3v) is 4.20. The van der Waals surface area contributed by atoms with Gasteiger partial charge < -0.3 is 15.4 Å². The molecule has 0 aliphatic heterocycles. The second-order valence-corrected chi connectivity index (χ2v) is 6.19. The molecule has 3 nitrogen and oxygen atoms in total. The summed E-state index contributed by atoms with van der Waals surface area (Å²) in [5, 5.41) is 0. The Morgan fingerprint density at radius 2 is 2.06 bits per heavy atom. The van der Waals surface area contributed by atoms with Gasteiger partial charge in [0.1, 0.15) is 0 Å². The fourth-order valence-corrected chi connectivity index (χ4v) is 3.09. The van der Waals surface area contributed by atoms with Crippen LogP contribution in [0.3, 0.4) is 0 Å². The quantitative estimate of drug-likeness (QED) is 0.803. The van der Waals surface area contributed by atoms with Gasteiger partial charge in [0.25, 0.3) is 0 Å². The van der Waals surface area contributed by atoms with Crippen LogP contribution in [0.1, 0.15) is 46.5 Å². The number of likely N-dealkylation sites (N-methyl/N-ethyl adjacent to an activating group) is 1. The van der Waals surface area contributed by atoms with E-state index in [1.54, 1.807) is 0 Å². The third kappa shape index (κ3) is 3.67. The van der Waals surface area contributed by atoms with Crippen molar-refractivity contribution in [1.82, 2.24) is 4.90 Å². The Kier molecular flexibility index (Phi) is 5.42. The maximum atomic E-state index is 6.43. The zero-order chi connectivity index (χ0) is 13.1. The van der Waals surface area contributed by atoms with Crippen molar-refractivity contribution in [3.05, 3.63) is 0 Å². The minimum Gasteiger partial charge on any atom is -0.377 e. The van der Waals surface area contributed by atoms with E-state index in [-0.39, 0.29) is 17.7 Å². The monoisotopic (exact) mass is 242 g/mol. The van der Waals surface area contributed by atoms with E-state index < -0.39 is 0 Å². The molecule has 0 heterocycles. The van der Waals surface area contributed by atoms with Crippen molar-refractivity contribution in [2.45, 2.75) is 64.1 Å². The first kappa shape index (κ1) is 14.9. The van der Waals surface area contributed by atoms with E-state index in [1.165, 1.54) is 25.7 Å². The highest BCUT2D eigenvalue weighted by Gasteiger charge is 2.42. The molecule has 0 aromatic carbocycles. The smallest absolute Gasteiger partial charge is 0.0639 e. The van der Waals surface area contributed by atoms with Crippen LogP contribution in [-0.4, -0.2) is 43.3 Å². The van der Waals surface area contributed by atoms with E-state index in [0.29, 0.717) is 6.61 Å². The first-order valence-electron chi connectivity index (χ1n) is 6.93. The molecule has 17 heavy (non-hydrogen) atoms. The van der Waals surface area contributed by atoms with Crippen LogP contribution in [0.2, 0.25) is 0 Å². The van der Waals surface area contributed by atoms with Crippen molar-refractivity contribution >= 4 is 0 Å². The highest BCUT2D eigenvalue weighted by atomic mass is 16.5. The van der Waals surface area contributed by atoms with Crippen molar-refractivity contribution in [3.63, 3.8) is 0 Å². The fraction of sp³-hybridized carbons (Fsp3) is 1.00. The Labute approximate surface area is 107 Å². The van der Waals surface area contributed by atoms with Crippen LogP contribution in [0, 0.1) is 5.92 Å². The van der Waals surface area contributed by atoms with E-state index >= 15 is 0 Å². The Hall–Kier alpha value is -0.120. The van der Waals surface area contributed by atoms with Gasteiger partial charge in [0.15, 0.2) is 0 Å². The minimum absolute atomic E-state index is 0.114. The molecule has 0 bridgehead atoms. The Morgan fingerprint density at radius 1 is 1.41 bits per heavy atom. The maximum absolute atomic E-state index is 6.43. The number of ether oxygens (including phenoxy) is 1. The second-order valence-electron chi connectivity index (χ2n) is 6.19. The minimum atomic E-state index is 0.114. The van der Waals surface area contributed by atoms with Gasteiger partial charge in [-0.1, -0.05) is 19.8 Å². The summed E-state index contributed by atoms with van der Waals surface area (Å²) in [6.07, 6.45) is 5.29. The summed E-state index contributed by atoms with van der Waals surface area (Å²) in [5.74, 6) is 0.774. The number of rotatable bonds is 5. The maximum Gasteiger partial charge on any atom is 0.0639 e. The average Bonchev–Trinajstić information content (AvgIpc) is 2.25. The number of hydrogen-bond acceptors (Lipinski definition) is 3. The summed E-state index contributed by atoms with van der Waals surface area (Å²) < 4.78 is 5.72. The topological polar surface area (TPSA) is 38.5 Å². The van der Waals surface area contributed by atoms with Gasteiger partial charge in [0.05, 0.1) is 12.7 Å². The lowest BCUT2D eigenvalue weighted by Gasteiger charge is -2.49. The van der Waals surface area contributed by atoms with Crippen LogP contribution < -0.4 is 5.73 Å². The normalized spacial score (nSPS) is 32.1. The summed E-state index contributed by atoms with van der Waals surface area (Å²) in [7, 11) is 4.32. The van der Waals surface area contributed by atoms with E-state index in [4.69, 9.17) is 10.5 Å². The van der Waals surface area contributed by atoms with E-state index in [0.717, 1.165) is 5.92 Å². The lowest BCUT2D eigenvalue weighted by atomic mass is 9.71. The fourth-order valence-electron chi connectivity index (χ4n) is 3.09. The molecular weight excluding hydrogens is 212 g/mol. The Morgan fingerprint density at radius 3 is 2.53 bits per heavy atom. The number of nitrogens with two attached hydrogens (primary N) is 1. The zero-order valence-corrected chi connectivity index (χ0v) is 12.2. The molecule has 0 amide bonds. The summed E-state index contributed by atoms with van der Waals surface area (Å²) in [6.45, 7) is 7.15. The lowest BCUT2D eigenvalue weighted by Crippen LogP contribution is -2.61. The molecule has 1 rings (SSSR count). The van der Waals surface area contributed by atoms with Gasteiger partial charge in [-0.2, -0.15) is 0 Å². The van der Waals surface area contributed by atoms with Gasteiger partial charge in [0, 0.05) is 11.6 Å². The highest BCUT2D eigenvalue weighted by Crippen LogP contribution is 2.37. The van der Waals surface area contributed by atoms with Crippen molar-refractivity contribution in [2.24, 2.45) is 11.7 Å². The molecule has 3 unspecified atom stereocenters. The van der Waals surface area contributed by atoms with Crippen molar-refractivity contribution in [1.29, 1.82) is 0 Å².